The maximum absolute atomic E-state index is 11.9. The van der Waals surface area contributed by atoms with E-state index in [0.717, 1.165) is 5.56 Å². The van der Waals surface area contributed by atoms with Crippen molar-refractivity contribution in [3.05, 3.63) is 29.3 Å². The number of hydrogen-bond donors (Lipinski definition) is 0. The van der Waals surface area contributed by atoms with Crippen molar-refractivity contribution in [2.24, 2.45) is 0 Å². The van der Waals surface area contributed by atoms with E-state index < -0.39 is 30.4 Å². The molecule has 0 aliphatic rings. The summed E-state index contributed by atoms with van der Waals surface area (Å²) in [4.78, 5) is -0.170. The first-order valence-corrected chi connectivity index (χ1v) is 8.94. The highest BCUT2D eigenvalue weighted by Gasteiger charge is 2.21. The molecule has 5 nitrogen and oxygen atoms in total. The Morgan fingerprint density at radius 2 is 1.83 bits per heavy atom. The average molecular weight is 308 g/mol. The molecule has 0 saturated heterocycles. The molecule has 0 fully saturated rings. The molecule has 1 aromatic carbocycles. The Kier molecular flexibility index (Phi) is 4.37. The van der Waals surface area contributed by atoms with E-state index in [9.17, 15) is 16.8 Å². The van der Waals surface area contributed by atoms with Gasteiger partial charge in [0.25, 0.3) is 0 Å². The maximum Gasteiger partial charge on any atom is 0.233 e. The fourth-order valence-electron chi connectivity index (χ4n) is 1.32. The number of sulfone groups is 1. The topological polar surface area (TPSA) is 92.1 Å². The highest BCUT2D eigenvalue weighted by Crippen LogP contribution is 2.18. The van der Waals surface area contributed by atoms with E-state index in [1.165, 1.54) is 12.1 Å². The molecule has 0 saturated carbocycles. The van der Waals surface area contributed by atoms with Gasteiger partial charge in [-0.15, -0.1) is 0 Å². The lowest BCUT2D eigenvalue weighted by Crippen LogP contribution is -2.15. The van der Waals surface area contributed by atoms with E-state index in [2.05, 4.69) is 0 Å². The lowest BCUT2D eigenvalue weighted by Gasteiger charge is -2.06. The standard InChI is InChI=1S/C10H10ClNO4S2/c1-8-2-3-10(9(6-8)7-12)17(13,14)4-5-18(11,15)16/h2-3,6H,4-5H2,1H3. The predicted octanol–water partition coefficient (Wildman–Crippen LogP) is 1.21. The largest absolute Gasteiger partial charge is 0.233 e. The van der Waals surface area contributed by atoms with E-state index in [0.29, 0.717) is 0 Å². The van der Waals surface area contributed by atoms with Crippen LogP contribution in [0.5, 0.6) is 0 Å². The lowest BCUT2D eigenvalue weighted by molar-refractivity contribution is 0.592. The molecule has 18 heavy (non-hydrogen) atoms. The number of rotatable bonds is 4. The molecule has 0 heterocycles. The highest BCUT2D eigenvalue weighted by atomic mass is 35.7. The van der Waals surface area contributed by atoms with Crippen LogP contribution in [0.15, 0.2) is 23.1 Å². The molecule has 0 N–H and O–H groups in total. The summed E-state index contributed by atoms with van der Waals surface area (Å²) in [6, 6.07) is 6.05. The summed E-state index contributed by atoms with van der Waals surface area (Å²) in [5, 5.41) is 8.88. The third-order valence-electron chi connectivity index (χ3n) is 2.19. The van der Waals surface area contributed by atoms with Crippen LogP contribution in [0.2, 0.25) is 0 Å². The van der Waals surface area contributed by atoms with E-state index in [-0.39, 0.29) is 10.5 Å². The molecule has 0 radical (unpaired) electrons. The fourth-order valence-corrected chi connectivity index (χ4v) is 4.50. The minimum Gasteiger partial charge on any atom is -0.224 e. The van der Waals surface area contributed by atoms with Crippen LogP contribution >= 0.6 is 10.7 Å². The molecule has 0 aliphatic heterocycles. The maximum atomic E-state index is 11.9. The summed E-state index contributed by atoms with van der Waals surface area (Å²) in [5.41, 5.74) is 0.748. The zero-order valence-electron chi connectivity index (χ0n) is 9.42. The van der Waals surface area contributed by atoms with Crippen molar-refractivity contribution in [2.45, 2.75) is 11.8 Å². The van der Waals surface area contributed by atoms with Crippen LogP contribution in [0.3, 0.4) is 0 Å². The zero-order valence-corrected chi connectivity index (χ0v) is 11.8. The number of aryl methyl sites for hydroxylation is 1. The monoisotopic (exact) mass is 307 g/mol. The third kappa shape index (κ3) is 3.98. The summed E-state index contributed by atoms with van der Waals surface area (Å²) in [7, 11) is -2.75. The van der Waals surface area contributed by atoms with E-state index in [1.54, 1.807) is 19.1 Å². The Morgan fingerprint density at radius 1 is 1.22 bits per heavy atom. The van der Waals surface area contributed by atoms with Gasteiger partial charge in [0.15, 0.2) is 9.84 Å². The number of nitriles is 1. The molecule has 0 spiro atoms. The first-order valence-electron chi connectivity index (χ1n) is 4.81. The van der Waals surface area contributed by atoms with E-state index in [1.807, 2.05) is 0 Å². The second kappa shape index (κ2) is 5.26. The van der Waals surface area contributed by atoms with E-state index in [4.69, 9.17) is 15.9 Å². The van der Waals surface area contributed by atoms with Crippen LogP contribution in [0.1, 0.15) is 11.1 Å². The Labute approximate surface area is 110 Å². The Morgan fingerprint density at radius 3 is 2.33 bits per heavy atom. The summed E-state index contributed by atoms with van der Waals surface area (Å²) in [6.07, 6.45) is 0. The van der Waals surface area contributed by atoms with Crippen molar-refractivity contribution >= 4 is 29.6 Å². The second-order valence-corrected chi connectivity index (χ2v) is 8.65. The minimum absolute atomic E-state index is 0.00182. The van der Waals surface area contributed by atoms with Crippen molar-refractivity contribution < 1.29 is 16.8 Å². The van der Waals surface area contributed by atoms with Crippen LogP contribution in [0.25, 0.3) is 0 Å². The van der Waals surface area contributed by atoms with Crippen molar-refractivity contribution in [1.29, 1.82) is 5.26 Å². The van der Waals surface area contributed by atoms with Crippen LogP contribution in [-0.4, -0.2) is 28.3 Å². The van der Waals surface area contributed by atoms with Crippen LogP contribution < -0.4 is 0 Å². The van der Waals surface area contributed by atoms with Gasteiger partial charge in [-0.05, 0) is 24.6 Å². The van der Waals surface area contributed by atoms with Gasteiger partial charge in [0.05, 0.1) is 22.0 Å². The van der Waals surface area contributed by atoms with Gasteiger partial charge in [0, 0.05) is 10.7 Å². The molecule has 1 aromatic rings. The van der Waals surface area contributed by atoms with Crippen LogP contribution in [-0.2, 0) is 18.9 Å². The smallest absolute Gasteiger partial charge is 0.224 e. The second-order valence-electron chi connectivity index (χ2n) is 3.67. The SMILES string of the molecule is Cc1ccc(S(=O)(=O)CCS(=O)(=O)Cl)c(C#N)c1. The van der Waals surface area contributed by atoms with Gasteiger partial charge in [0.2, 0.25) is 9.05 Å². The molecule has 0 unspecified atom stereocenters. The van der Waals surface area contributed by atoms with Gasteiger partial charge < -0.3 is 0 Å². The Hall–Kier alpha value is -1.10. The molecule has 1 rings (SSSR count). The normalized spacial score (nSPS) is 12.1. The van der Waals surface area contributed by atoms with Crippen molar-refractivity contribution in [2.75, 3.05) is 11.5 Å². The van der Waals surface area contributed by atoms with Gasteiger partial charge >= 0.3 is 0 Å². The lowest BCUT2D eigenvalue weighted by atomic mass is 10.2. The molecular formula is C10H10ClNO4S2. The summed E-state index contributed by atoms with van der Waals surface area (Å²) < 4.78 is 45.3. The number of nitrogens with zero attached hydrogens (tertiary/aromatic N) is 1. The first kappa shape index (κ1) is 15.0. The zero-order chi connectivity index (χ0) is 14.0. The minimum atomic E-state index is -3.88. The number of hydrogen-bond acceptors (Lipinski definition) is 5. The van der Waals surface area contributed by atoms with Gasteiger partial charge in [-0.2, -0.15) is 5.26 Å². The molecule has 0 amide bonds. The van der Waals surface area contributed by atoms with Gasteiger partial charge in [-0.3, -0.25) is 0 Å². The van der Waals surface area contributed by atoms with Gasteiger partial charge in [0.1, 0.15) is 6.07 Å². The highest BCUT2D eigenvalue weighted by molar-refractivity contribution is 8.14. The van der Waals surface area contributed by atoms with Crippen molar-refractivity contribution in [3.63, 3.8) is 0 Å². The third-order valence-corrected chi connectivity index (χ3v) is 5.37. The quantitative estimate of drug-likeness (QED) is 0.780. The molecule has 0 aromatic heterocycles. The first-order chi connectivity index (χ1) is 8.15. The van der Waals surface area contributed by atoms with Crippen molar-refractivity contribution in [1.82, 2.24) is 0 Å². The average Bonchev–Trinajstić information content (AvgIpc) is 2.25. The number of benzene rings is 1. The van der Waals surface area contributed by atoms with E-state index >= 15 is 0 Å². The Balaban J connectivity index is 3.18. The molecular weight excluding hydrogens is 298 g/mol. The van der Waals surface area contributed by atoms with Crippen LogP contribution in [0, 0.1) is 18.3 Å². The number of halogens is 1. The van der Waals surface area contributed by atoms with Gasteiger partial charge in [-0.1, -0.05) is 6.07 Å². The van der Waals surface area contributed by atoms with Crippen LogP contribution in [0.4, 0.5) is 0 Å². The van der Waals surface area contributed by atoms with Crippen molar-refractivity contribution in [3.8, 4) is 6.07 Å². The molecule has 0 atom stereocenters. The molecule has 98 valence electrons. The molecule has 8 heteroatoms. The molecule has 0 bridgehead atoms. The fraction of sp³-hybridized carbons (Fsp3) is 0.300. The van der Waals surface area contributed by atoms with Gasteiger partial charge in [-0.25, -0.2) is 16.8 Å². The Bertz CT molecular complexity index is 702. The summed E-state index contributed by atoms with van der Waals surface area (Å²) >= 11 is 0. The molecule has 0 aliphatic carbocycles. The predicted molar refractivity (Wildman–Crippen MR) is 67.6 cm³/mol. The summed E-state index contributed by atoms with van der Waals surface area (Å²) in [5.74, 6) is -1.33. The summed E-state index contributed by atoms with van der Waals surface area (Å²) in [6.45, 7) is 1.72.